The SMILES string of the molecule is CNc1ccc(C(=O)OCC(=O)N2CCN(C(=O)Nc3ccccc3)CC2)cc1[N+](=O)[O-]. The molecule has 32 heavy (non-hydrogen) atoms. The Labute approximate surface area is 184 Å². The van der Waals surface area contributed by atoms with Crippen LogP contribution in [0.5, 0.6) is 0 Å². The van der Waals surface area contributed by atoms with E-state index >= 15 is 0 Å². The van der Waals surface area contributed by atoms with Gasteiger partial charge in [0.15, 0.2) is 6.61 Å². The molecule has 1 heterocycles. The predicted molar refractivity (Wildman–Crippen MR) is 117 cm³/mol. The van der Waals surface area contributed by atoms with Crippen molar-refractivity contribution in [2.45, 2.75) is 0 Å². The molecule has 1 aliphatic heterocycles. The summed E-state index contributed by atoms with van der Waals surface area (Å²) in [7, 11) is 1.53. The minimum absolute atomic E-state index is 0.0223. The number of nitrogens with one attached hydrogen (secondary N) is 2. The number of nitro benzene ring substituents is 1. The van der Waals surface area contributed by atoms with E-state index in [9.17, 15) is 24.5 Å². The van der Waals surface area contributed by atoms with E-state index in [4.69, 9.17) is 4.74 Å². The van der Waals surface area contributed by atoms with Gasteiger partial charge < -0.3 is 25.2 Å². The van der Waals surface area contributed by atoms with Crippen LogP contribution in [-0.4, -0.2) is 72.5 Å². The number of piperazine rings is 1. The molecule has 3 rings (SSSR count). The first-order valence-corrected chi connectivity index (χ1v) is 9.91. The second-order valence-electron chi connectivity index (χ2n) is 6.98. The van der Waals surface area contributed by atoms with Crippen molar-refractivity contribution in [2.75, 3.05) is 50.5 Å². The maximum atomic E-state index is 12.4. The molecule has 2 aromatic carbocycles. The molecule has 3 amide bonds. The summed E-state index contributed by atoms with van der Waals surface area (Å²) in [5.74, 6) is -1.23. The van der Waals surface area contributed by atoms with E-state index in [0.717, 1.165) is 6.07 Å². The largest absolute Gasteiger partial charge is 0.452 e. The van der Waals surface area contributed by atoms with Crippen molar-refractivity contribution in [1.82, 2.24) is 9.80 Å². The molecule has 1 saturated heterocycles. The van der Waals surface area contributed by atoms with Crippen LogP contribution in [0.1, 0.15) is 10.4 Å². The van der Waals surface area contributed by atoms with Gasteiger partial charge in [0.25, 0.3) is 11.6 Å². The van der Waals surface area contributed by atoms with Gasteiger partial charge in [-0.15, -0.1) is 0 Å². The van der Waals surface area contributed by atoms with Gasteiger partial charge in [0.1, 0.15) is 5.69 Å². The Morgan fingerprint density at radius 3 is 2.31 bits per heavy atom. The highest BCUT2D eigenvalue weighted by Crippen LogP contribution is 2.25. The molecule has 1 fully saturated rings. The number of rotatable bonds is 6. The van der Waals surface area contributed by atoms with Crippen molar-refractivity contribution >= 4 is 35.0 Å². The fraction of sp³-hybridized carbons (Fsp3) is 0.286. The van der Waals surface area contributed by atoms with Crippen LogP contribution in [0.15, 0.2) is 48.5 Å². The number of carbonyl (C=O) groups excluding carboxylic acids is 3. The third-order valence-electron chi connectivity index (χ3n) is 4.97. The van der Waals surface area contributed by atoms with Crippen molar-refractivity contribution in [3.8, 4) is 0 Å². The zero-order chi connectivity index (χ0) is 23.1. The zero-order valence-corrected chi connectivity index (χ0v) is 17.4. The number of ether oxygens (including phenoxy) is 1. The smallest absolute Gasteiger partial charge is 0.338 e. The Morgan fingerprint density at radius 1 is 1.03 bits per heavy atom. The third-order valence-corrected chi connectivity index (χ3v) is 4.97. The van der Waals surface area contributed by atoms with E-state index in [0.29, 0.717) is 31.9 Å². The van der Waals surface area contributed by atoms with Crippen molar-refractivity contribution in [3.05, 3.63) is 64.2 Å². The molecule has 0 spiro atoms. The number of hydrogen-bond donors (Lipinski definition) is 2. The van der Waals surface area contributed by atoms with Crippen LogP contribution in [0.2, 0.25) is 0 Å². The Morgan fingerprint density at radius 2 is 1.69 bits per heavy atom. The number of para-hydroxylation sites is 1. The third kappa shape index (κ3) is 5.50. The van der Waals surface area contributed by atoms with Crippen LogP contribution in [-0.2, 0) is 9.53 Å². The monoisotopic (exact) mass is 441 g/mol. The molecule has 168 valence electrons. The highest BCUT2D eigenvalue weighted by molar-refractivity contribution is 5.93. The quantitative estimate of drug-likeness (QED) is 0.399. The molecule has 1 aliphatic rings. The van der Waals surface area contributed by atoms with E-state index in [-0.39, 0.29) is 23.0 Å². The Balaban J connectivity index is 1.48. The lowest BCUT2D eigenvalue weighted by atomic mass is 10.1. The van der Waals surface area contributed by atoms with Gasteiger partial charge in [-0.2, -0.15) is 0 Å². The van der Waals surface area contributed by atoms with Crippen molar-refractivity contribution < 1.29 is 24.0 Å². The summed E-state index contributed by atoms with van der Waals surface area (Å²) >= 11 is 0. The number of anilines is 2. The topological polar surface area (TPSA) is 134 Å². The number of benzene rings is 2. The number of amides is 3. The van der Waals surface area contributed by atoms with Gasteiger partial charge in [-0.3, -0.25) is 14.9 Å². The lowest BCUT2D eigenvalue weighted by Crippen LogP contribution is -2.52. The van der Waals surface area contributed by atoms with E-state index in [2.05, 4.69) is 10.6 Å². The predicted octanol–water partition coefficient (Wildman–Crippen LogP) is 2.17. The molecule has 0 atom stereocenters. The van der Waals surface area contributed by atoms with Gasteiger partial charge in [0.05, 0.1) is 10.5 Å². The first kappa shape index (κ1) is 22.5. The Bertz CT molecular complexity index is 1000. The molecule has 0 aromatic heterocycles. The van der Waals surface area contributed by atoms with Gasteiger partial charge in [0, 0.05) is 45.0 Å². The molecule has 2 N–H and O–H groups in total. The number of urea groups is 1. The molecule has 0 bridgehead atoms. The molecule has 0 saturated carbocycles. The average Bonchev–Trinajstić information content (AvgIpc) is 2.82. The minimum Gasteiger partial charge on any atom is -0.452 e. The van der Waals surface area contributed by atoms with Gasteiger partial charge in [0.2, 0.25) is 0 Å². The van der Waals surface area contributed by atoms with Gasteiger partial charge >= 0.3 is 12.0 Å². The van der Waals surface area contributed by atoms with Crippen LogP contribution in [0, 0.1) is 10.1 Å². The summed E-state index contributed by atoms with van der Waals surface area (Å²) < 4.78 is 5.04. The van der Waals surface area contributed by atoms with E-state index in [1.54, 1.807) is 17.0 Å². The second kappa shape index (κ2) is 10.2. The normalized spacial score (nSPS) is 13.3. The summed E-state index contributed by atoms with van der Waals surface area (Å²) in [6.07, 6.45) is 0. The summed E-state index contributed by atoms with van der Waals surface area (Å²) in [4.78, 5) is 50.6. The highest BCUT2D eigenvalue weighted by atomic mass is 16.6. The van der Waals surface area contributed by atoms with Crippen LogP contribution < -0.4 is 10.6 Å². The minimum atomic E-state index is -0.829. The first-order valence-electron chi connectivity index (χ1n) is 9.91. The number of esters is 1. The molecule has 0 aliphatic carbocycles. The van der Waals surface area contributed by atoms with Crippen molar-refractivity contribution in [3.63, 3.8) is 0 Å². The highest BCUT2D eigenvalue weighted by Gasteiger charge is 2.25. The second-order valence-corrected chi connectivity index (χ2v) is 6.98. The van der Waals surface area contributed by atoms with E-state index in [1.165, 1.54) is 24.1 Å². The maximum absolute atomic E-state index is 12.4. The fourth-order valence-electron chi connectivity index (χ4n) is 3.21. The first-order chi connectivity index (χ1) is 15.4. The van der Waals surface area contributed by atoms with Crippen molar-refractivity contribution in [2.24, 2.45) is 0 Å². The maximum Gasteiger partial charge on any atom is 0.338 e. The Kier molecular flexibility index (Phi) is 7.21. The molecule has 11 heteroatoms. The van der Waals surface area contributed by atoms with E-state index in [1.807, 2.05) is 18.2 Å². The van der Waals surface area contributed by atoms with Crippen LogP contribution in [0.4, 0.5) is 21.9 Å². The summed E-state index contributed by atoms with van der Waals surface area (Å²) in [6.45, 7) is 0.810. The van der Waals surface area contributed by atoms with Gasteiger partial charge in [-0.25, -0.2) is 9.59 Å². The lowest BCUT2D eigenvalue weighted by Gasteiger charge is -2.34. The zero-order valence-electron chi connectivity index (χ0n) is 17.4. The number of carbonyl (C=O) groups is 3. The molecule has 0 radical (unpaired) electrons. The fourth-order valence-corrected chi connectivity index (χ4v) is 3.21. The molecule has 0 unspecified atom stereocenters. The molecule has 11 nitrogen and oxygen atoms in total. The van der Waals surface area contributed by atoms with Gasteiger partial charge in [-0.1, -0.05) is 18.2 Å². The molecular weight excluding hydrogens is 418 g/mol. The average molecular weight is 441 g/mol. The summed E-state index contributed by atoms with van der Waals surface area (Å²) in [5, 5.41) is 16.6. The van der Waals surface area contributed by atoms with Crippen LogP contribution in [0.25, 0.3) is 0 Å². The molecule has 2 aromatic rings. The standard InChI is InChI=1S/C21H23N5O6/c1-22-17-8-7-15(13-18(17)26(30)31)20(28)32-14-19(27)24-9-11-25(12-10-24)21(29)23-16-5-3-2-4-6-16/h2-8,13,22H,9-12,14H2,1H3,(H,23,29). The summed E-state index contributed by atoms with van der Waals surface area (Å²) in [5.41, 5.74) is 0.659. The Hall–Kier alpha value is -4.15. The number of nitro groups is 1. The van der Waals surface area contributed by atoms with E-state index < -0.39 is 23.4 Å². The summed E-state index contributed by atoms with van der Waals surface area (Å²) in [6, 6.07) is 12.7. The number of nitrogens with zero attached hydrogens (tertiary/aromatic N) is 3. The van der Waals surface area contributed by atoms with Crippen LogP contribution in [0.3, 0.4) is 0 Å². The lowest BCUT2D eigenvalue weighted by molar-refractivity contribution is -0.384. The van der Waals surface area contributed by atoms with Crippen molar-refractivity contribution in [1.29, 1.82) is 0 Å². The number of hydrogen-bond acceptors (Lipinski definition) is 7. The van der Waals surface area contributed by atoms with Crippen LogP contribution >= 0.6 is 0 Å². The van der Waals surface area contributed by atoms with Gasteiger partial charge in [-0.05, 0) is 24.3 Å². The molecular formula is C21H23N5O6.